The molecule has 22 heavy (non-hydrogen) atoms. The summed E-state index contributed by atoms with van der Waals surface area (Å²) in [5.41, 5.74) is 0.902. The number of aliphatic hydroxyl groups is 1. The highest BCUT2D eigenvalue weighted by Crippen LogP contribution is 2.37. The van der Waals surface area contributed by atoms with Gasteiger partial charge in [-0.15, -0.1) is 0 Å². The molecule has 2 aromatic carbocycles. The van der Waals surface area contributed by atoms with Crippen molar-refractivity contribution >= 4 is 15.9 Å². The summed E-state index contributed by atoms with van der Waals surface area (Å²) in [6, 6.07) is 10.7. The maximum atomic E-state index is 13.9. The Balaban J connectivity index is 2.23. The number of hydrogen-bond acceptors (Lipinski definition) is 3. The van der Waals surface area contributed by atoms with Gasteiger partial charge in [0.15, 0.2) is 5.76 Å². The zero-order valence-corrected chi connectivity index (χ0v) is 12.8. The SMILES string of the molecule is OCc1c(-c2ccccc2Br)noc1-c1c(F)cccc1F. The maximum absolute atomic E-state index is 13.9. The van der Waals surface area contributed by atoms with Gasteiger partial charge in [0.1, 0.15) is 17.3 Å². The van der Waals surface area contributed by atoms with Gasteiger partial charge in [-0.2, -0.15) is 0 Å². The van der Waals surface area contributed by atoms with Crippen molar-refractivity contribution in [3.8, 4) is 22.6 Å². The molecule has 0 fully saturated rings. The number of halogens is 3. The molecule has 3 aromatic rings. The lowest BCUT2D eigenvalue weighted by molar-refractivity contribution is 0.281. The van der Waals surface area contributed by atoms with Crippen LogP contribution in [0.15, 0.2) is 51.5 Å². The highest BCUT2D eigenvalue weighted by molar-refractivity contribution is 9.10. The van der Waals surface area contributed by atoms with E-state index in [-0.39, 0.29) is 16.9 Å². The summed E-state index contributed by atoms with van der Waals surface area (Å²) >= 11 is 3.38. The second-order valence-corrected chi connectivity index (χ2v) is 5.43. The first-order valence-corrected chi connectivity index (χ1v) is 7.21. The Bertz CT molecular complexity index is 813. The van der Waals surface area contributed by atoms with Gasteiger partial charge in [0, 0.05) is 10.0 Å². The molecule has 0 aliphatic carbocycles. The van der Waals surface area contributed by atoms with Gasteiger partial charge >= 0.3 is 0 Å². The molecule has 0 aliphatic heterocycles. The van der Waals surface area contributed by atoms with Crippen molar-refractivity contribution < 1.29 is 18.4 Å². The minimum absolute atomic E-state index is 0.108. The number of nitrogens with zero attached hydrogens (tertiary/aromatic N) is 1. The number of aliphatic hydroxyl groups excluding tert-OH is 1. The van der Waals surface area contributed by atoms with Gasteiger partial charge in [-0.05, 0) is 18.2 Å². The standard InChI is InChI=1S/C16H10BrF2NO2/c17-11-5-2-1-4-9(11)15-10(8-21)16(22-20-15)14-12(18)6-3-7-13(14)19/h1-7,21H,8H2. The summed E-state index contributed by atoms with van der Waals surface area (Å²) < 4.78 is 33.7. The van der Waals surface area contributed by atoms with Crippen LogP contribution in [0.5, 0.6) is 0 Å². The van der Waals surface area contributed by atoms with Crippen LogP contribution in [0.2, 0.25) is 0 Å². The number of aromatic nitrogens is 1. The lowest BCUT2D eigenvalue weighted by atomic mass is 10.0. The van der Waals surface area contributed by atoms with E-state index in [1.165, 1.54) is 6.07 Å². The van der Waals surface area contributed by atoms with Crippen LogP contribution in [-0.4, -0.2) is 10.3 Å². The van der Waals surface area contributed by atoms with Crippen molar-refractivity contribution in [2.45, 2.75) is 6.61 Å². The van der Waals surface area contributed by atoms with E-state index in [0.717, 1.165) is 16.6 Å². The van der Waals surface area contributed by atoms with E-state index in [4.69, 9.17) is 4.52 Å². The predicted octanol–water partition coefficient (Wildman–Crippen LogP) is 4.54. The van der Waals surface area contributed by atoms with Crippen LogP contribution >= 0.6 is 15.9 Å². The van der Waals surface area contributed by atoms with E-state index >= 15 is 0 Å². The average molecular weight is 366 g/mol. The first-order valence-electron chi connectivity index (χ1n) is 6.42. The van der Waals surface area contributed by atoms with Crippen LogP contribution in [0.3, 0.4) is 0 Å². The van der Waals surface area contributed by atoms with Gasteiger partial charge in [-0.3, -0.25) is 0 Å². The third-order valence-corrected chi connectivity index (χ3v) is 3.96. The Morgan fingerprint density at radius 1 is 1.05 bits per heavy atom. The van der Waals surface area contributed by atoms with E-state index in [9.17, 15) is 13.9 Å². The van der Waals surface area contributed by atoms with Gasteiger partial charge in [-0.25, -0.2) is 8.78 Å². The fraction of sp³-hybridized carbons (Fsp3) is 0.0625. The first kappa shape index (κ1) is 14.9. The smallest absolute Gasteiger partial charge is 0.178 e. The Morgan fingerprint density at radius 3 is 2.36 bits per heavy atom. The molecule has 0 spiro atoms. The average Bonchev–Trinajstić information content (AvgIpc) is 2.91. The van der Waals surface area contributed by atoms with Crippen LogP contribution in [0.25, 0.3) is 22.6 Å². The van der Waals surface area contributed by atoms with Crippen molar-refractivity contribution in [2.75, 3.05) is 0 Å². The molecule has 3 rings (SSSR count). The normalized spacial score (nSPS) is 10.9. The third-order valence-electron chi connectivity index (χ3n) is 3.27. The number of rotatable bonds is 3. The molecule has 0 saturated carbocycles. The summed E-state index contributed by atoms with van der Waals surface area (Å²) in [5, 5.41) is 13.5. The van der Waals surface area contributed by atoms with E-state index in [2.05, 4.69) is 21.1 Å². The van der Waals surface area contributed by atoms with Gasteiger partial charge < -0.3 is 9.63 Å². The fourth-order valence-electron chi connectivity index (χ4n) is 2.23. The highest BCUT2D eigenvalue weighted by Gasteiger charge is 2.24. The third kappa shape index (κ3) is 2.44. The Kier molecular flexibility index (Phi) is 4.04. The maximum Gasteiger partial charge on any atom is 0.178 e. The molecule has 1 N–H and O–H groups in total. The zero-order valence-electron chi connectivity index (χ0n) is 11.2. The summed E-state index contributed by atoms with van der Waals surface area (Å²) in [7, 11) is 0. The molecule has 112 valence electrons. The van der Waals surface area contributed by atoms with Crippen molar-refractivity contribution in [1.29, 1.82) is 0 Å². The van der Waals surface area contributed by atoms with E-state index in [0.29, 0.717) is 11.3 Å². The molecule has 1 heterocycles. The molecule has 0 atom stereocenters. The van der Waals surface area contributed by atoms with Gasteiger partial charge in [0.25, 0.3) is 0 Å². The van der Waals surface area contributed by atoms with Crippen LogP contribution in [-0.2, 0) is 6.61 Å². The van der Waals surface area contributed by atoms with Crippen LogP contribution < -0.4 is 0 Å². The van der Waals surface area contributed by atoms with Crippen molar-refractivity contribution in [2.24, 2.45) is 0 Å². The second-order valence-electron chi connectivity index (χ2n) is 4.57. The minimum Gasteiger partial charge on any atom is -0.391 e. The number of hydrogen-bond donors (Lipinski definition) is 1. The summed E-state index contributed by atoms with van der Waals surface area (Å²) in [5.74, 6) is -1.65. The molecule has 0 amide bonds. The van der Waals surface area contributed by atoms with Crippen molar-refractivity contribution in [3.63, 3.8) is 0 Å². The molecule has 1 aromatic heterocycles. The molecular weight excluding hydrogens is 356 g/mol. The molecule has 0 radical (unpaired) electrons. The lowest BCUT2D eigenvalue weighted by Crippen LogP contribution is -1.94. The number of benzene rings is 2. The van der Waals surface area contributed by atoms with E-state index in [1.54, 1.807) is 18.2 Å². The molecule has 0 aliphatic rings. The summed E-state index contributed by atoms with van der Waals surface area (Å²) in [6.45, 7) is -0.455. The largest absolute Gasteiger partial charge is 0.391 e. The monoisotopic (exact) mass is 365 g/mol. The van der Waals surface area contributed by atoms with Crippen LogP contribution in [0.4, 0.5) is 8.78 Å². The van der Waals surface area contributed by atoms with Crippen LogP contribution in [0.1, 0.15) is 5.56 Å². The molecule has 0 saturated heterocycles. The first-order chi connectivity index (χ1) is 10.6. The minimum atomic E-state index is -0.774. The van der Waals surface area contributed by atoms with E-state index < -0.39 is 18.2 Å². The quantitative estimate of drug-likeness (QED) is 0.740. The predicted molar refractivity (Wildman–Crippen MR) is 80.9 cm³/mol. The second kappa shape index (κ2) is 5.98. The molecule has 0 bridgehead atoms. The van der Waals surface area contributed by atoms with Gasteiger partial charge in [0.05, 0.1) is 17.7 Å². The van der Waals surface area contributed by atoms with Crippen LogP contribution in [0, 0.1) is 11.6 Å². The molecule has 3 nitrogen and oxygen atoms in total. The topological polar surface area (TPSA) is 46.3 Å². The zero-order chi connectivity index (χ0) is 15.7. The Labute approximate surface area is 133 Å². The van der Waals surface area contributed by atoms with Crippen molar-refractivity contribution in [3.05, 3.63) is 64.1 Å². The molecule has 6 heteroatoms. The highest BCUT2D eigenvalue weighted by atomic mass is 79.9. The Morgan fingerprint density at radius 2 is 1.73 bits per heavy atom. The summed E-state index contributed by atoms with van der Waals surface area (Å²) in [4.78, 5) is 0. The van der Waals surface area contributed by atoms with E-state index in [1.807, 2.05) is 6.07 Å². The Hall–Kier alpha value is -2.05. The van der Waals surface area contributed by atoms with Gasteiger partial charge in [-0.1, -0.05) is 45.4 Å². The lowest BCUT2D eigenvalue weighted by Gasteiger charge is -2.04. The molecule has 0 unspecified atom stereocenters. The summed E-state index contributed by atoms with van der Waals surface area (Å²) in [6.07, 6.45) is 0. The fourth-order valence-corrected chi connectivity index (χ4v) is 2.70. The molecular formula is C16H10BrF2NO2. The van der Waals surface area contributed by atoms with Gasteiger partial charge in [0.2, 0.25) is 0 Å². The van der Waals surface area contributed by atoms with Crippen molar-refractivity contribution in [1.82, 2.24) is 5.16 Å².